The average Bonchev–Trinajstić information content (AvgIpc) is 2.81. The van der Waals surface area contributed by atoms with Gasteiger partial charge in [-0.3, -0.25) is 9.48 Å². The number of aryl methyl sites for hydroxylation is 3. The summed E-state index contributed by atoms with van der Waals surface area (Å²) in [5.74, 6) is 0.648. The van der Waals surface area contributed by atoms with Crippen molar-refractivity contribution in [2.75, 3.05) is 18.9 Å². The van der Waals surface area contributed by atoms with E-state index in [1.165, 1.54) is 0 Å². The summed E-state index contributed by atoms with van der Waals surface area (Å²) in [6, 6.07) is 5.59. The molecule has 0 fully saturated rings. The molecule has 0 saturated heterocycles. The van der Waals surface area contributed by atoms with Gasteiger partial charge in [-0.1, -0.05) is 0 Å². The van der Waals surface area contributed by atoms with E-state index in [1.54, 1.807) is 25.4 Å². The van der Waals surface area contributed by atoms with Gasteiger partial charge in [-0.25, -0.2) is 4.98 Å². The highest BCUT2D eigenvalue weighted by molar-refractivity contribution is 5.93. The molecule has 1 amide bonds. The van der Waals surface area contributed by atoms with Crippen LogP contribution in [0.1, 0.15) is 28.2 Å². The Hall–Kier alpha value is -2.37. The maximum absolute atomic E-state index is 11.9. The number of pyridine rings is 1. The van der Waals surface area contributed by atoms with Crippen molar-refractivity contribution in [3.8, 4) is 0 Å². The zero-order chi connectivity index (χ0) is 15.2. The van der Waals surface area contributed by atoms with Crippen molar-refractivity contribution in [1.82, 2.24) is 20.1 Å². The van der Waals surface area contributed by atoms with Crippen LogP contribution >= 0.6 is 0 Å². The monoisotopic (exact) mass is 287 g/mol. The van der Waals surface area contributed by atoms with Gasteiger partial charge in [-0.05, 0) is 38.5 Å². The summed E-state index contributed by atoms with van der Waals surface area (Å²) in [5.41, 5.74) is 2.73. The molecule has 0 spiro atoms. The van der Waals surface area contributed by atoms with Gasteiger partial charge in [-0.2, -0.15) is 5.10 Å². The van der Waals surface area contributed by atoms with E-state index in [-0.39, 0.29) is 5.91 Å². The Morgan fingerprint density at radius 1 is 1.33 bits per heavy atom. The molecule has 0 radical (unpaired) electrons. The minimum Gasteiger partial charge on any atom is -0.373 e. The first kappa shape index (κ1) is 15.0. The highest BCUT2D eigenvalue weighted by Crippen LogP contribution is 2.04. The van der Waals surface area contributed by atoms with Gasteiger partial charge in [0.15, 0.2) is 0 Å². The first-order chi connectivity index (χ1) is 10.1. The fraction of sp³-hybridized carbons (Fsp3) is 0.400. The minimum atomic E-state index is -0.0986. The van der Waals surface area contributed by atoms with Crippen molar-refractivity contribution in [2.45, 2.75) is 26.8 Å². The summed E-state index contributed by atoms with van der Waals surface area (Å²) in [7, 11) is 1.79. The zero-order valence-corrected chi connectivity index (χ0v) is 12.7. The van der Waals surface area contributed by atoms with Crippen LogP contribution in [-0.4, -0.2) is 34.3 Å². The summed E-state index contributed by atoms with van der Waals surface area (Å²) in [6.45, 7) is 5.43. The van der Waals surface area contributed by atoms with Crippen LogP contribution in [0.15, 0.2) is 24.4 Å². The minimum absolute atomic E-state index is 0.0986. The van der Waals surface area contributed by atoms with E-state index in [0.29, 0.717) is 12.1 Å². The summed E-state index contributed by atoms with van der Waals surface area (Å²) < 4.78 is 1.96. The third-order valence-electron chi connectivity index (χ3n) is 3.22. The Labute approximate surface area is 124 Å². The lowest BCUT2D eigenvalue weighted by Crippen LogP contribution is -2.25. The zero-order valence-electron chi connectivity index (χ0n) is 12.7. The lowest BCUT2D eigenvalue weighted by atomic mass is 10.2. The molecule has 6 heteroatoms. The number of hydrogen-bond acceptors (Lipinski definition) is 4. The Bertz CT molecular complexity index is 603. The van der Waals surface area contributed by atoms with E-state index in [1.807, 2.05) is 24.6 Å². The van der Waals surface area contributed by atoms with Gasteiger partial charge in [0.25, 0.3) is 5.91 Å². The Kier molecular flexibility index (Phi) is 4.92. The van der Waals surface area contributed by atoms with Crippen LogP contribution < -0.4 is 10.6 Å². The Morgan fingerprint density at radius 2 is 2.14 bits per heavy atom. The third kappa shape index (κ3) is 4.05. The fourth-order valence-corrected chi connectivity index (χ4v) is 2.11. The maximum atomic E-state index is 11.9. The van der Waals surface area contributed by atoms with Crippen LogP contribution in [0.5, 0.6) is 0 Å². The molecule has 0 bridgehead atoms. The van der Waals surface area contributed by atoms with E-state index in [2.05, 4.69) is 20.7 Å². The van der Waals surface area contributed by atoms with E-state index in [9.17, 15) is 4.79 Å². The molecule has 0 unspecified atom stereocenters. The van der Waals surface area contributed by atoms with Gasteiger partial charge in [0.1, 0.15) is 5.82 Å². The van der Waals surface area contributed by atoms with Crippen LogP contribution in [0.25, 0.3) is 0 Å². The number of nitrogens with one attached hydrogen (secondary N) is 2. The van der Waals surface area contributed by atoms with E-state index in [0.717, 1.165) is 30.2 Å². The number of anilines is 1. The van der Waals surface area contributed by atoms with Crippen molar-refractivity contribution in [3.63, 3.8) is 0 Å². The first-order valence-electron chi connectivity index (χ1n) is 7.03. The smallest absolute Gasteiger partial charge is 0.252 e. The van der Waals surface area contributed by atoms with Crippen LogP contribution in [-0.2, 0) is 6.54 Å². The highest BCUT2D eigenvalue weighted by Gasteiger charge is 2.05. The molecule has 0 aliphatic heterocycles. The molecule has 2 N–H and O–H groups in total. The first-order valence-corrected chi connectivity index (χ1v) is 7.03. The summed E-state index contributed by atoms with van der Waals surface area (Å²) in [4.78, 5) is 16.1. The average molecular weight is 287 g/mol. The third-order valence-corrected chi connectivity index (χ3v) is 3.22. The van der Waals surface area contributed by atoms with Gasteiger partial charge in [0.05, 0.1) is 11.3 Å². The predicted molar refractivity (Wildman–Crippen MR) is 82.4 cm³/mol. The van der Waals surface area contributed by atoms with Gasteiger partial charge >= 0.3 is 0 Å². The number of hydrogen-bond donors (Lipinski definition) is 2. The second kappa shape index (κ2) is 6.88. The van der Waals surface area contributed by atoms with E-state index >= 15 is 0 Å². The summed E-state index contributed by atoms with van der Waals surface area (Å²) in [6.07, 6.45) is 2.41. The van der Waals surface area contributed by atoms with Crippen LogP contribution in [0.3, 0.4) is 0 Å². The van der Waals surface area contributed by atoms with Crippen molar-refractivity contribution in [3.05, 3.63) is 41.3 Å². The fourth-order valence-electron chi connectivity index (χ4n) is 2.11. The van der Waals surface area contributed by atoms with Crippen LogP contribution in [0.4, 0.5) is 5.82 Å². The van der Waals surface area contributed by atoms with Crippen molar-refractivity contribution >= 4 is 11.7 Å². The van der Waals surface area contributed by atoms with Crippen LogP contribution in [0, 0.1) is 13.8 Å². The quantitative estimate of drug-likeness (QED) is 0.794. The van der Waals surface area contributed by atoms with E-state index in [4.69, 9.17) is 0 Å². The second-order valence-electron chi connectivity index (χ2n) is 4.94. The molecule has 6 nitrogen and oxygen atoms in total. The largest absolute Gasteiger partial charge is 0.373 e. The molecule has 112 valence electrons. The molecule has 0 aliphatic carbocycles. The molecule has 2 heterocycles. The molecular weight excluding hydrogens is 266 g/mol. The van der Waals surface area contributed by atoms with Crippen molar-refractivity contribution < 1.29 is 4.79 Å². The SMILES string of the molecule is CNc1ccc(C(=O)NCCCn2nc(C)cc2C)cn1. The van der Waals surface area contributed by atoms with Crippen molar-refractivity contribution in [1.29, 1.82) is 0 Å². The number of amides is 1. The van der Waals surface area contributed by atoms with Crippen molar-refractivity contribution in [2.24, 2.45) is 0 Å². The predicted octanol–water partition coefficient (Wildman–Crippen LogP) is 1.76. The van der Waals surface area contributed by atoms with Gasteiger partial charge in [0, 0.05) is 32.0 Å². The topological polar surface area (TPSA) is 71.8 Å². The Morgan fingerprint density at radius 3 is 2.71 bits per heavy atom. The van der Waals surface area contributed by atoms with E-state index < -0.39 is 0 Å². The summed E-state index contributed by atoms with van der Waals surface area (Å²) >= 11 is 0. The lowest BCUT2D eigenvalue weighted by molar-refractivity contribution is 0.0952. The maximum Gasteiger partial charge on any atom is 0.252 e. The molecule has 0 saturated carbocycles. The molecule has 2 rings (SSSR count). The number of carbonyl (C=O) groups is 1. The molecule has 21 heavy (non-hydrogen) atoms. The normalized spacial score (nSPS) is 10.4. The summed E-state index contributed by atoms with van der Waals surface area (Å²) in [5, 5.41) is 10.2. The molecule has 0 atom stereocenters. The van der Waals surface area contributed by atoms with Gasteiger partial charge < -0.3 is 10.6 Å². The molecule has 2 aromatic heterocycles. The number of carbonyl (C=O) groups excluding carboxylic acids is 1. The molecule has 2 aromatic rings. The molecule has 0 aromatic carbocycles. The number of nitrogens with zero attached hydrogens (tertiary/aromatic N) is 3. The van der Waals surface area contributed by atoms with Crippen LogP contribution in [0.2, 0.25) is 0 Å². The number of aromatic nitrogens is 3. The lowest BCUT2D eigenvalue weighted by Gasteiger charge is -2.07. The second-order valence-corrected chi connectivity index (χ2v) is 4.94. The van der Waals surface area contributed by atoms with Gasteiger partial charge in [0.2, 0.25) is 0 Å². The standard InChI is InChI=1S/C15H21N5O/c1-11-9-12(2)20(19-11)8-4-7-17-15(21)13-5-6-14(16-3)18-10-13/h5-6,9-10H,4,7-8H2,1-3H3,(H,16,18)(H,17,21). The molecule has 0 aliphatic rings. The highest BCUT2D eigenvalue weighted by atomic mass is 16.1. The Balaban J connectivity index is 1.77. The molecular formula is C15H21N5O. The number of rotatable bonds is 6. The van der Waals surface area contributed by atoms with Gasteiger partial charge in [-0.15, -0.1) is 0 Å².